The third kappa shape index (κ3) is 6.57. The van der Waals surface area contributed by atoms with Gasteiger partial charge in [0.15, 0.2) is 11.5 Å². The minimum absolute atomic E-state index is 0.0137. The second-order valence-electron chi connectivity index (χ2n) is 9.05. The Hall–Kier alpha value is -4.10. The van der Waals surface area contributed by atoms with Crippen molar-refractivity contribution in [1.82, 2.24) is 10.3 Å². The first-order valence-electron chi connectivity index (χ1n) is 12.6. The second kappa shape index (κ2) is 12.2. The van der Waals surface area contributed by atoms with E-state index in [2.05, 4.69) is 10.3 Å². The molecule has 7 nitrogen and oxygen atoms in total. The van der Waals surface area contributed by atoms with Crippen LogP contribution in [0.3, 0.4) is 0 Å². The van der Waals surface area contributed by atoms with Gasteiger partial charge in [-0.3, -0.25) is 14.8 Å². The van der Waals surface area contributed by atoms with E-state index in [1.54, 1.807) is 12.4 Å². The van der Waals surface area contributed by atoms with E-state index in [1.807, 2.05) is 93.6 Å². The van der Waals surface area contributed by atoms with E-state index in [9.17, 15) is 4.79 Å². The topological polar surface area (TPSA) is 89.7 Å². The highest BCUT2D eigenvalue weighted by molar-refractivity contribution is 5.89. The zero-order chi connectivity index (χ0) is 26.2. The number of carbonyl (C=O) groups excluding carboxylic acids is 1. The smallest absolute Gasteiger partial charge is 0.248 e. The molecule has 1 aromatic heterocycles. The van der Waals surface area contributed by atoms with Crippen molar-refractivity contribution in [1.29, 1.82) is 0 Å². The van der Waals surface area contributed by atoms with Crippen LogP contribution in [0.4, 0.5) is 5.69 Å². The Balaban J connectivity index is 1.66. The molecule has 0 aliphatic heterocycles. The van der Waals surface area contributed by atoms with Crippen LogP contribution in [0.1, 0.15) is 37.9 Å². The molecule has 192 valence electrons. The summed E-state index contributed by atoms with van der Waals surface area (Å²) in [6.45, 7) is 6.80. The third-order valence-electron chi connectivity index (χ3n) is 5.95. The van der Waals surface area contributed by atoms with E-state index >= 15 is 0 Å². The molecule has 1 amide bonds. The Kier molecular flexibility index (Phi) is 8.59. The number of carbonyl (C=O) groups is 1. The number of benzene rings is 3. The maximum atomic E-state index is 13.6. The molecule has 0 unspecified atom stereocenters. The van der Waals surface area contributed by atoms with Gasteiger partial charge in [0, 0.05) is 24.3 Å². The van der Waals surface area contributed by atoms with Gasteiger partial charge in [0.1, 0.15) is 6.04 Å². The number of nitrogens with one attached hydrogen (secondary N) is 1. The third-order valence-corrected chi connectivity index (χ3v) is 5.95. The highest BCUT2D eigenvalue weighted by atomic mass is 16.5. The van der Waals surface area contributed by atoms with Gasteiger partial charge >= 0.3 is 0 Å². The first-order chi connectivity index (χ1) is 18.0. The van der Waals surface area contributed by atoms with Gasteiger partial charge in [0.2, 0.25) is 5.91 Å². The van der Waals surface area contributed by atoms with Crippen LogP contribution in [0, 0.1) is 0 Å². The molecule has 0 bridgehead atoms. The largest absolute Gasteiger partial charge is 0.490 e. The fourth-order valence-corrected chi connectivity index (χ4v) is 4.20. The van der Waals surface area contributed by atoms with Gasteiger partial charge in [0.05, 0.1) is 18.4 Å². The first kappa shape index (κ1) is 26.0. The molecule has 1 heterocycles. The molecule has 4 aromatic rings. The van der Waals surface area contributed by atoms with Crippen LogP contribution in [0.15, 0.2) is 85.2 Å². The first-order valence-corrected chi connectivity index (χ1v) is 12.6. The molecule has 7 heteroatoms. The molecule has 0 aliphatic carbocycles. The average molecular weight is 499 g/mol. The Morgan fingerprint density at radius 1 is 1.00 bits per heavy atom. The van der Waals surface area contributed by atoms with Crippen molar-refractivity contribution in [2.75, 3.05) is 18.2 Å². The standard InChI is InChI=1S/C30H34N4O3/c1-4-36-28-19-24(11-13-27(28)37-21(2)3)29(30(35)33-17-14-22-8-6-5-7-9-22)34(31)26-12-10-25-20-32-16-15-23(25)18-26/h5-13,15-16,18-21,29H,4,14,17,31H2,1-3H3,(H,33,35)/t29-/m1/s1. The zero-order valence-electron chi connectivity index (χ0n) is 21.6. The number of fused-ring (bicyclic) bond motifs is 1. The highest BCUT2D eigenvalue weighted by Crippen LogP contribution is 2.34. The lowest BCUT2D eigenvalue weighted by molar-refractivity contribution is -0.122. The number of hydrogen-bond acceptors (Lipinski definition) is 6. The highest BCUT2D eigenvalue weighted by Gasteiger charge is 2.28. The predicted octanol–water partition coefficient (Wildman–Crippen LogP) is 5.20. The molecule has 0 fully saturated rings. The van der Waals surface area contributed by atoms with E-state index in [1.165, 1.54) is 5.01 Å². The van der Waals surface area contributed by atoms with Crippen molar-refractivity contribution in [2.45, 2.75) is 39.3 Å². The summed E-state index contributed by atoms with van der Waals surface area (Å²) in [4.78, 5) is 17.8. The van der Waals surface area contributed by atoms with Crippen molar-refractivity contribution >= 4 is 22.4 Å². The van der Waals surface area contributed by atoms with Gasteiger partial charge in [0.25, 0.3) is 0 Å². The van der Waals surface area contributed by atoms with Gasteiger partial charge in [-0.05, 0) is 74.0 Å². The number of pyridine rings is 1. The number of nitrogens with zero attached hydrogens (tertiary/aromatic N) is 2. The number of nitrogens with two attached hydrogens (primary N) is 1. The van der Waals surface area contributed by atoms with Crippen molar-refractivity contribution in [2.24, 2.45) is 5.84 Å². The number of amides is 1. The summed E-state index contributed by atoms with van der Waals surface area (Å²) < 4.78 is 11.8. The molecule has 0 saturated carbocycles. The quantitative estimate of drug-likeness (QED) is 0.218. The fourth-order valence-electron chi connectivity index (χ4n) is 4.20. The molecular formula is C30H34N4O3. The summed E-state index contributed by atoms with van der Waals surface area (Å²) in [5.74, 6) is 7.68. The summed E-state index contributed by atoms with van der Waals surface area (Å²) >= 11 is 0. The summed E-state index contributed by atoms with van der Waals surface area (Å²) in [5.41, 5.74) is 2.57. The second-order valence-corrected chi connectivity index (χ2v) is 9.05. The number of ether oxygens (including phenoxy) is 2. The van der Waals surface area contributed by atoms with E-state index < -0.39 is 6.04 Å². The molecule has 0 radical (unpaired) electrons. The maximum Gasteiger partial charge on any atom is 0.248 e. The van der Waals surface area contributed by atoms with Crippen LogP contribution in [-0.4, -0.2) is 30.1 Å². The lowest BCUT2D eigenvalue weighted by Crippen LogP contribution is -2.45. The Morgan fingerprint density at radius 2 is 1.81 bits per heavy atom. The Labute approximate surface area is 218 Å². The van der Waals surface area contributed by atoms with Crippen molar-refractivity contribution in [3.63, 3.8) is 0 Å². The van der Waals surface area contributed by atoms with Crippen molar-refractivity contribution in [3.05, 3.63) is 96.3 Å². The monoisotopic (exact) mass is 498 g/mol. The van der Waals surface area contributed by atoms with Crippen molar-refractivity contribution in [3.8, 4) is 11.5 Å². The van der Waals surface area contributed by atoms with Crippen LogP contribution < -0.4 is 25.6 Å². The summed E-state index contributed by atoms with van der Waals surface area (Å²) in [5, 5.41) is 6.56. The van der Waals surface area contributed by atoms with Crippen LogP contribution in [-0.2, 0) is 11.2 Å². The molecule has 4 rings (SSSR count). The fraction of sp³-hybridized carbons (Fsp3) is 0.267. The summed E-state index contributed by atoms with van der Waals surface area (Å²) in [6.07, 6.45) is 4.25. The van der Waals surface area contributed by atoms with E-state index in [0.29, 0.717) is 35.9 Å². The number of hydrazine groups is 1. The molecule has 0 saturated heterocycles. The normalized spacial score (nSPS) is 11.8. The molecule has 3 N–H and O–H groups in total. The minimum atomic E-state index is -0.789. The SMILES string of the molecule is CCOc1cc([C@H](C(=O)NCCc2ccccc2)N(N)c2ccc3cnccc3c2)ccc1OC(C)C. The molecule has 3 aromatic carbocycles. The molecule has 37 heavy (non-hydrogen) atoms. The lowest BCUT2D eigenvalue weighted by Gasteiger charge is -2.29. The van der Waals surface area contributed by atoms with Gasteiger partial charge < -0.3 is 14.8 Å². The maximum absolute atomic E-state index is 13.6. The van der Waals surface area contributed by atoms with Crippen LogP contribution in [0.5, 0.6) is 11.5 Å². The molecule has 0 spiro atoms. The van der Waals surface area contributed by atoms with Gasteiger partial charge in [-0.15, -0.1) is 0 Å². The van der Waals surface area contributed by atoms with Gasteiger partial charge in [-0.2, -0.15) is 0 Å². The van der Waals surface area contributed by atoms with Gasteiger partial charge in [-0.25, -0.2) is 5.84 Å². The average Bonchev–Trinajstić information content (AvgIpc) is 2.90. The van der Waals surface area contributed by atoms with E-state index in [0.717, 1.165) is 22.8 Å². The number of anilines is 1. The predicted molar refractivity (Wildman–Crippen MR) is 148 cm³/mol. The molecule has 0 aliphatic rings. The number of hydrogen-bond donors (Lipinski definition) is 2. The summed E-state index contributed by atoms with van der Waals surface area (Å²) in [7, 11) is 0. The number of rotatable bonds is 11. The Bertz CT molecular complexity index is 1330. The lowest BCUT2D eigenvalue weighted by atomic mass is 10.0. The zero-order valence-corrected chi connectivity index (χ0v) is 21.6. The molecular weight excluding hydrogens is 464 g/mol. The molecule has 1 atom stereocenters. The van der Waals surface area contributed by atoms with E-state index in [-0.39, 0.29) is 12.0 Å². The van der Waals surface area contributed by atoms with Gasteiger partial charge in [-0.1, -0.05) is 42.5 Å². The van der Waals surface area contributed by atoms with E-state index in [4.69, 9.17) is 15.3 Å². The Morgan fingerprint density at radius 3 is 2.57 bits per heavy atom. The number of aromatic nitrogens is 1. The van der Waals surface area contributed by atoms with Crippen LogP contribution in [0.25, 0.3) is 10.8 Å². The van der Waals surface area contributed by atoms with Crippen LogP contribution >= 0.6 is 0 Å². The van der Waals surface area contributed by atoms with Crippen molar-refractivity contribution < 1.29 is 14.3 Å². The summed E-state index contributed by atoms with van der Waals surface area (Å²) in [6, 6.07) is 22.5. The minimum Gasteiger partial charge on any atom is -0.490 e. The van der Waals surface area contributed by atoms with Crippen LogP contribution in [0.2, 0.25) is 0 Å².